The molecular weight excluding hydrogens is 302 g/mol. The first-order valence-electron chi connectivity index (χ1n) is 4.72. The minimum Gasteiger partial charge on any atom is -0.477 e. The molecule has 0 radical (unpaired) electrons. The highest BCUT2D eigenvalue weighted by atomic mass is 32.2. The van der Waals surface area contributed by atoms with Crippen LogP contribution in [0.2, 0.25) is 0 Å². The maximum atomic E-state index is 13.5. The van der Waals surface area contributed by atoms with Gasteiger partial charge in [-0.15, -0.1) is 0 Å². The third-order valence-electron chi connectivity index (χ3n) is 2.02. The Bertz CT molecular complexity index is 613. The van der Waals surface area contributed by atoms with Crippen molar-refractivity contribution in [3.8, 4) is 6.19 Å². The Labute approximate surface area is 113 Å². The largest absolute Gasteiger partial charge is 0.477 e. The van der Waals surface area contributed by atoms with Crippen LogP contribution in [0.4, 0.5) is 23.2 Å². The van der Waals surface area contributed by atoms with Gasteiger partial charge in [0.1, 0.15) is 11.3 Å². The molecule has 0 saturated carbocycles. The molecule has 0 spiro atoms. The number of carboxylic acids is 1. The number of hydrogen-bond donors (Lipinski definition) is 2. The molecule has 1 aromatic rings. The molecule has 10 heteroatoms. The zero-order valence-electron chi connectivity index (χ0n) is 9.67. The van der Waals surface area contributed by atoms with Crippen LogP contribution < -0.4 is 5.32 Å². The molecule has 0 fully saturated rings. The van der Waals surface area contributed by atoms with Crippen molar-refractivity contribution in [2.45, 2.75) is 0 Å². The Morgan fingerprint density at radius 3 is 2.10 bits per heavy atom. The van der Waals surface area contributed by atoms with E-state index in [0.29, 0.717) is 0 Å². The van der Waals surface area contributed by atoms with Crippen molar-refractivity contribution in [2.75, 3.05) is 6.26 Å². The van der Waals surface area contributed by atoms with Crippen LogP contribution in [0.3, 0.4) is 0 Å². The summed E-state index contributed by atoms with van der Waals surface area (Å²) in [5, 5.41) is 18.4. The number of carbonyl (C=O) groups is 1. The molecule has 0 amide bonds. The van der Waals surface area contributed by atoms with E-state index in [2.05, 4.69) is 4.99 Å². The van der Waals surface area contributed by atoms with Crippen molar-refractivity contribution in [1.82, 2.24) is 5.32 Å². The lowest BCUT2D eigenvalue weighted by atomic mass is 10.1. The first kappa shape index (κ1) is 15.8. The van der Waals surface area contributed by atoms with E-state index in [1.54, 1.807) is 0 Å². The number of halogens is 4. The summed E-state index contributed by atoms with van der Waals surface area (Å²) >= 11 is 0.751. The number of aliphatic imine (C=N–C) groups is 1. The van der Waals surface area contributed by atoms with Gasteiger partial charge in [0.2, 0.25) is 0 Å². The van der Waals surface area contributed by atoms with E-state index in [9.17, 15) is 22.4 Å². The van der Waals surface area contributed by atoms with Gasteiger partial charge in [-0.1, -0.05) is 11.8 Å². The van der Waals surface area contributed by atoms with E-state index >= 15 is 0 Å². The molecule has 2 N–H and O–H groups in total. The Morgan fingerprint density at radius 1 is 1.25 bits per heavy atom. The summed E-state index contributed by atoms with van der Waals surface area (Å²) < 4.78 is 53.8. The summed E-state index contributed by atoms with van der Waals surface area (Å²) in [7, 11) is 0. The number of thioether (sulfide) groups is 1. The van der Waals surface area contributed by atoms with Crippen molar-refractivity contribution in [1.29, 1.82) is 5.26 Å². The summed E-state index contributed by atoms with van der Waals surface area (Å²) in [6, 6.07) is 0. The molecule has 106 valence electrons. The Hall–Kier alpha value is -2.28. The van der Waals surface area contributed by atoms with Crippen LogP contribution in [0.5, 0.6) is 0 Å². The van der Waals surface area contributed by atoms with Crippen LogP contribution in [0.15, 0.2) is 4.99 Å². The third-order valence-corrected chi connectivity index (χ3v) is 2.60. The van der Waals surface area contributed by atoms with E-state index in [1.807, 2.05) is 5.32 Å². The van der Waals surface area contributed by atoms with Crippen LogP contribution in [0.1, 0.15) is 10.4 Å². The lowest BCUT2D eigenvalue weighted by molar-refractivity contribution is 0.0683. The number of nitriles is 1. The normalized spacial score (nSPS) is 11.1. The molecule has 0 bridgehead atoms. The fourth-order valence-corrected chi connectivity index (χ4v) is 1.51. The predicted molar refractivity (Wildman–Crippen MR) is 62.6 cm³/mol. The number of amidine groups is 1. The van der Waals surface area contributed by atoms with Gasteiger partial charge in [0.15, 0.2) is 34.6 Å². The molecule has 20 heavy (non-hydrogen) atoms. The minimum absolute atomic E-state index is 0.327. The molecule has 1 rings (SSSR count). The number of hydrogen-bond acceptors (Lipinski definition) is 4. The maximum absolute atomic E-state index is 13.5. The predicted octanol–water partition coefficient (Wildman–Crippen LogP) is 2.36. The Kier molecular flexibility index (Phi) is 4.93. The highest BCUT2D eigenvalue weighted by Crippen LogP contribution is 2.30. The van der Waals surface area contributed by atoms with Gasteiger partial charge < -0.3 is 5.11 Å². The molecule has 0 unspecified atom stereocenters. The Morgan fingerprint density at radius 2 is 1.75 bits per heavy atom. The molecule has 0 aliphatic heterocycles. The molecule has 0 atom stereocenters. The first-order valence-corrected chi connectivity index (χ1v) is 5.94. The van der Waals surface area contributed by atoms with Gasteiger partial charge in [0.05, 0.1) is 0 Å². The van der Waals surface area contributed by atoms with Crippen LogP contribution in [-0.2, 0) is 0 Å². The average Bonchev–Trinajstić information content (AvgIpc) is 2.40. The van der Waals surface area contributed by atoms with Gasteiger partial charge in [-0.05, 0) is 6.26 Å². The standard InChI is InChI=1S/C10H5F4N3O2S/c1-20-10(16-2-15)17-8-6(13)4(11)3(9(18)19)5(12)7(8)14/h1H3,(H,16,17)(H,18,19). The lowest BCUT2D eigenvalue weighted by Gasteiger charge is -2.07. The van der Waals surface area contributed by atoms with Crippen LogP contribution in [-0.4, -0.2) is 22.5 Å². The van der Waals surface area contributed by atoms with Crippen molar-refractivity contribution < 1.29 is 27.5 Å². The van der Waals surface area contributed by atoms with E-state index in [1.165, 1.54) is 12.4 Å². The van der Waals surface area contributed by atoms with Gasteiger partial charge in [-0.2, -0.15) is 5.26 Å². The number of benzene rings is 1. The van der Waals surface area contributed by atoms with Crippen LogP contribution in [0.25, 0.3) is 0 Å². The molecule has 5 nitrogen and oxygen atoms in total. The van der Waals surface area contributed by atoms with Crippen LogP contribution in [0, 0.1) is 34.7 Å². The van der Waals surface area contributed by atoms with Gasteiger partial charge in [0, 0.05) is 0 Å². The quantitative estimate of drug-likeness (QED) is 0.219. The monoisotopic (exact) mass is 307 g/mol. The maximum Gasteiger partial charge on any atom is 0.341 e. The van der Waals surface area contributed by atoms with Gasteiger partial charge in [-0.25, -0.2) is 27.3 Å². The fourth-order valence-electron chi connectivity index (χ4n) is 1.18. The van der Waals surface area contributed by atoms with E-state index < -0.39 is 40.5 Å². The SMILES string of the molecule is CSC(=Nc1c(F)c(F)c(C(=O)O)c(F)c1F)NC#N. The van der Waals surface area contributed by atoms with Gasteiger partial charge >= 0.3 is 5.97 Å². The molecule has 0 aromatic heterocycles. The average molecular weight is 307 g/mol. The van der Waals surface area contributed by atoms with Gasteiger partial charge in [-0.3, -0.25) is 5.32 Å². The minimum atomic E-state index is -2.16. The second-order valence-electron chi connectivity index (χ2n) is 3.14. The summed E-state index contributed by atoms with van der Waals surface area (Å²) in [5.74, 6) is -10.2. The molecule has 0 aliphatic rings. The smallest absolute Gasteiger partial charge is 0.341 e. The second-order valence-corrected chi connectivity index (χ2v) is 3.94. The number of carboxylic acid groups (broad SMARTS) is 1. The topological polar surface area (TPSA) is 85.5 Å². The third kappa shape index (κ3) is 2.83. The number of nitrogens with one attached hydrogen (secondary N) is 1. The van der Waals surface area contributed by atoms with Crippen LogP contribution >= 0.6 is 11.8 Å². The molecule has 0 aliphatic carbocycles. The summed E-state index contributed by atoms with van der Waals surface area (Å²) in [6.45, 7) is 0. The highest BCUT2D eigenvalue weighted by Gasteiger charge is 2.29. The molecule has 0 heterocycles. The van der Waals surface area contributed by atoms with Crippen molar-refractivity contribution >= 4 is 28.6 Å². The second kappa shape index (κ2) is 6.25. The zero-order chi connectivity index (χ0) is 15.4. The summed E-state index contributed by atoms with van der Waals surface area (Å²) in [5.41, 5.74) is -3.12. The van der Waals surface area contributed by atoms with Crippen molar-refractivity contribution in [2.24, 2.45) is 4.99 Å². The van der Waals surface area contributed by atoms with Crippen molar-refractivity contribution in [3.63, 3.8) is 0 Å². The highest BCUT2D eigenvalue weighted by molar-refractivity contribution is 8.13. The summed E-state index contributed by atoms with van der Waals surface area (Å²) in [6.07, 6.45) is 2.79. The number of nitrogens with zero attached hydrogens (tertiary/aromatic N) is 2. The van der Waals surface area contributed by atoms with E-state index in [0.717, 1.165) is 11.8 Å². The molecular formula is C10H5F4N3O2S. The fraction of sp³-hybridized carbons (Fsp3) is 0.100. The number of rotatable bonds is 2. The molecule has 0 saturated heterocycles. The number of aromatic carboxylic acids is 1. The zero-order valence-corrected chi connectivity index (χ0v) is 10.5. The van der Waals surface area contributed by atoms with E-state index in [4.69, 9.17) is 10.4 Å². The van der Waals surface area contributed by atoms with Crippen molar-refractivity contribution in [3.05, 3.63) is 28.8 Å². The van der Waals surface area contributed by atoms with E-state index in [-0.39, 0.29) is 5.17 Å². The first-order chi connectivity index (χ1) is 9.34. The Balaban J connectivity index is 3.60. The summed E-state index contributed by atoms with van der Waals surface area (Å²) in [4.78, 5) is 13.7. The molecule has 1 aromatic carbocycles. The van der Waals surface area contributed by atoms with Gasteiger partial charge in [0.25, 0.3) is 0 Å². The lowest BCUT2D eigenvalue weighted by Crippen LogP contribution is -2.14.